The summed E-state index contributed by atoms with van der Waals surface area (Å²) < 4.78 is 19.0. The van der Waals surface area contributed by atoms with Crippen molar-refractivity contribution in [2.24, 2.45) is 0 Å². The van der Waals surface area contributed by atoms with Gasteiger partial charge in [0.2, 0.25) is 0 Å². The summed E-state index contributed by atoms with van der Waals surface area (Å²) in [5.74, 6) is 0.795. The molecule has 3 aromatic rings. The van der Waals surface area contributed by atoms with Gasteiger partial charge in [0, 0.05) is 11.6 Å². The lowest BCUT2D eigenvalue weighted by molar-refractivity contribution is 0.0144. The van der Waals surface area contributed by atoms with Gasteiger partial charge in [0.05, 0.1) is 38.5 Å². The predicted octanol–water partition coefficient (Wildman–Crippen LogP) is 2.24. The van der Waals surface area contributed by atoms with Crippen molar-refractivity contribution in [3.8, 4) is 17.1 Å². The molecule has 3 heterocycles. The van der Waals surface area contributed by atoms with Gasteiger partial charge in [0.25, 0.3) is 0 Å². The maximum absolute atomic E-state index is 5.95. The van der Waals surface area contributed by atoms with Gasteiger partial charge in [-0.15, -0.1) is 0 Å². The molecule has 0 saturated heterocycles. The third kappa shape index (κ3) is 3.13. The fraction of sp³-hybridized carbons (Fsp3) is 0.412. The Morgan fingerprint density at radius 2 is 2.08 bits per heavy atom. The fourth-order valence-electron chi connectivity index (χ4n) is 2.77. The van der Waals surface area contributed by atoms with E-state index in [2.05, 4.69) is 15.3 Å². The maximum Gasteiger partial charge on any atom is 0.120 e. The summed E-state index contributed by atoms with van der Waals surface area (Å²) in [4.78, 5) is 0. The van der Waals surface area contributed by atoms with Crippen molar-refractivity contribution in [2.45, 2.75) is 19.6 Å². The van der Waals surface area contributed by atoms with Crippen molar-refractivity contribution in [2.75, 3.05) is 26.4 Å². The normalized spacial score (nSPS) is 19.5. The Kier molecular flexibility index (Phi) is 4.18. The fourth-order valence-corrected chi connectivity index (χ4v) is 2.77. The highest BCUT2D eigenvalue weighted by atomic mass is 16.5. The molecule has 1 aliphatic heterocycles. The van der Waals surface area contributed by atoms with Crippen LogP contribution in [0.15, 0.2) is 30.5 Å². The van der Waals surface area contributed by atoms with Crippen molar-refractivity contribution in [1.29, 1.82) is 0 Å². The average Bonchev–Trinajstić information content (AvgIpc) is 3.19. The molecule has 24 heavy (non-hydrogen) atoms. The van der Waals surface area contributed by atoms with E-state index in [0.29, 0.717) is 33.0 Å². The van der Waals surface area contributed by atoms with Gasteiger partial charge in [0.1, 0.15) is 23.2 Å². The van der Waals surface area contributed by atoms with E-state index in [0.717, 1.165) is 28.0 Å². The van der Waals surface area contributed by atoms with E-state index in [1.54, 1.807) is 0 Å². The summed E-state index contributed by atoms with van der Waals surface area (Å²) in [6.07, 6.45) is 1.90. The molecule has 0 saturated carbocycles. The minimum absolute atomic E-state index is 0.0371. The van der Waals surface area contributed by atoms with Crippen molar-refractivity contribution >= 4 is 10.9 Å². The van der Waals surface area contributed by atoms with E-state index in [1.807, 2.05) is 42.1 Å². The average molecular weight is 328 g/mol. The van der Waals surface area contributed by atoms with E-state index in [4.69, 9.17) is 14.2 Å². The summed E-state index contributed by atoms with van der Waals surface area (Å²) in [6.45, 7) is 4.95. The number of H-pyrrole nitrogens is 1. The topological polar surface area (TPSA) is 74.2 Å². The molecule has 0 unspecified atom stereocenters. The molecule has 0 spiro atoms. The Balaban J connectivity index is 1.71. The van der Waals surface area contributed by atoms with Gasteiger partial charge in [-0.1, -0.05) is 0 Å². The summed E-state index contributed by atoms with van der Waals surface area (Å²) in [5, 5.41) is 13.0. The Bertz CT molecular complexity index is 826. The number of nitrogens with one attached hydrogen (secondary N) is 1. The standard InChI is InChI=1S/C17H20N4O3/c1-12-11-23-9-8-22-7-6-21-5-4-16(20-21)17-14-10-13(24-12)2-3-15(14)18-19-17/h2-5,10,12H,6-9,11H2,1H3,(H,18,19)/t12-/m1/s1. The number of nitrogens with zero attached hydrogens (tertiary/aromatic N) is 3. The van der Waals surface area contributed by atoms with Crippen LogP contribution in [0.5, 0.6) is 5.75 Å². The Morgan fingerprint density at radius 1 is 1.17 bits per heavy atom. The van der Waals surface area contributed by atoms with Gasteiger partial charge >= 0.3 is 0 Å². The zero-order valence-electron chi connectivity index (χ0n) is 13.6. The minimum atomic E-state index is -0.0371. The van der Waals surface area contributed by atoms with Crippen LogP contribution in [0.4, 0.5) is 0 Å². The molecular formula is C17H20N4O3. The number of aromatic amines is 1. The zero-order valence-corrected chi connectivity index (χ0v) is 13.6. The molecule has 0 amide bonds. The summed E-state index contributed by atoms with van der Waals surface area (Å²) >= 11 is 0. The molecule has 1 aromatic carbocycles. The molecule has 7 heteroatoms. The smallest absolute Gasteiger partial charge is 0.120 e. The SMILES string of the molecule is C[C@@H]1COCCOCCn2ccc(n2)-c2n[nH]c3ccc(cc23)O1. The molecule has 1 atom stereocenters. The highest BCUT2D eigenvalue weighted by molar-refractivity contribution is 5.92. The molecule has 0 fully saturated rings. The van der Waals surface area contributed by atoms with Crippen LogP contribution >= 0.6 is 0 Å². The minimum Gasteiger partial charge on any atom is -0.488 e. The maximum atomic E-state index is 5.95. The lowest BCUT2D eigenvalue weighted by Crippen LogP contribution is -2.21. The number of benzene rings is 1. The Morgan fingerprint density at radius 3 is 3.04 bits per heavy atom. The monoisotopic (exact) mass is 328 g/mol. The van der Waals surface area contributed by atoms with E-state index in [-0.39, 0.29) is 6.10 Å². The van der Waals surface area contributed by atoms with Gasteiger partial charge in [-0.2, -0.15) is 10.2 Å². The van der Waals surface area contributed by atoms with Crippen LogP contribution in [0.2, 0.25) is 0 Å². The third-order valence-corrected chi connectivity index (χ3v) is 3.94. The van der Waals surface area contributed by atoms with Crippen molar-refractivity contribution in [1.82, 2.24) is 20.0 Å². The van der Waals surface area contributed by atoms with Crippen LogP contribution in [0.25, 0.3) is 22.3 Å². The molecule has 2 aromatic heterocycles. The molecule has 7 nitrogen and oxygen atoms in total. The van der Waals surface area contributed by atoms with Crippen LogP contribution < -0.4 is 4.74 Å². The second kappa shape index (κ2) is 6.62. The van der Waals surface area contributed by atoms with Crippen molar-refractivity contribution in [3.63, 3.8) is 0 Å². The van der Waals surface area contributed by atoms with Crippen LogP contribution in [0.3, 0.4) is 0 Å². The zero-order chi connectivity index (χ0) is 16.4. The number of hydrogen-bond acceptors (Lipinski definition) is 5. The van der Waals surface area contributed by atoms with E-state index < -0.39 is 0 Å². The summed E-state index contributed by atoms with van der Waals surface area (Å²) in [5.41, 5.74) is 2.62. The Hall–Kier alpha value is -2.38. The largest absolute Gasteiger partial charge is 0.488 e. The van der Waals surface area contributed by atoms with Crippen LogP contribution in [0, 0.1) is 0 Å². The highest BCUT2D eigenvalue weighted by Gasteiger charge is 2.13. The number of fused-ring (bicyclic) bond motifs is 4. The van der Waals surface area contributed by atoms with E-state index in [1.165, 1.54) is 0 Å². The second-order valence-corrected chi connectivity index (χ2v) is 5.86. The lowest BCUT2D eigenvalue weighted by atomic mass is 10.1. The first-order chi connectivity index (χ1) is 11.8. The second-order valence-electron chi connectivity index (χ2n) is 5.86. The van der Waals surface area contributed by atoms with Crippen molar-refractivity contribution in [3.05, 3.63) is 30.5 Å². The van der Waals surface area contributed by atoms with Crippen LogP contribution in [0.1, 0.15) is 6.92 Å². The quantitative estimate of drug-likeness (QED) is 0.685. The van der Waals surface area contributed by atoms with Gasteiger partial charge in [-0.3, -0.25) is 9.78 Å². The third-order valence-electron chi connectivity index (χ3n) is 3.94. The van der Waals surface area contributed by atoms with Crippen LogP contribution in [-0.4, -0.2) is 52.5 Å². The molecular weight excluding hydrogens is 308 g/mol. The van der Waals surface area contributed by atoms with Gasteiger partial charge in [0.15, 0.2) is 0 Å². The number of aromatic nitrogens is 4. The van der Waals surface area contributed by atoms with E-state index >= 15 is 0 Å². The molecule has 1 aliphatic rings. The predicted molar refractivity (Wildman–Crippen MR) is 89.0 cm³/mol. The first-order valence-corrected chi connectivity index (χ1v) is 8.14. The summed E-state index contributed by atoms with van der Waals surface area (Å²) in [7, 11) is 0. The first kappa shape index (κ1) is 15.2. The van der Waals surface area contributed by atoms with Crippen LogP contribution in [-0.2, 0) is 16.0 Å². The first-order valence-electron chi connectivity index (χ1n) is 8.14. The van der Waals surface area contributed by atoms with Gasteiger partial charge in [-0.25, -0.2) is 0 Å². The highest BCUT2D eigenvalue weighted by Crippen LogP contribution is 2.28. The molecule has 0 radical (unpaired) electrons. The number of rotatable bonds is 0. The Labute approximate surface area is 139 Å². The molecule has 126 valence electrons. The van der Waals surface area contributed by atoms with Gasteiger partial charge < -0.3 is 14.2 Å². The lowest BCUT2D eigenvalue weighted by Gasteiger charge is -2.15. The molecule has 4 rings (SSSR count). The molecule has 1 N–H and O–H groups in total. The molecule has 0 aliphatic carbocycles. The van der Waals surface area contributed by atoms with Crippen molar-refractivity contribution < 1.29 is 14.2 Å². The summed E-state index contributed by atoms with van der Waals surface area (Å²) in [6, 6.07) is 7.87. The number of hydrogen-bond donors (Lipinski definition) is 1. The number of ether oxygens (including phenoxy) is 3. The van der Waals surface area contributed by atoms with Gasteiger partial charge in [-0.05, 0) is 31.2 Å². The van der Waals surface area contributed by atoms with E-state index in [9.17, 15) is 0 Å². The molecule has 4 bridgehead atoms.